The van der Waals surface area contributed by atoms with Gasteiger partial charge in [-0.1, -0.05) is 12.1 Å². The van der Waals surface area contributed by atoms with Crippen molar-refractivity contribution in [2.75, 3.05) is 6.61 Å². The van der Waals surface area contributed by atoms with Gasteiger partial charge < -0.3 is 19.9 Å². The third-order valence-corrected chi connectivity index (χ3v) is 4.99. The smallest absolute Gasteiger partial charge is 0.341 e. The summed E-state index contributed by atoms with van der Waals surface area (Å²) in [5.41, 5.74) is 0.542. The summed E-state index contributed by atoms with van der Waals surface area (Å²) in [6.07, 6.45) is -0.283. The molecule has 160 valence electrons. The maximum Gasteiger partial charge on any atom is 0.341 e. The lowest BCUT2D eigenvalue weighted by Crippen LogP contribution is -2.50. The Bertz CT molecular complexity index is 934. The minimum absolute atomic E-state index is 0.0623. The highest BCUT2D eigenvalue weighted by molar-refractivity contribution is 5.73. The molecule has 0 aromatic heterocycles. The zero-order valence-electron chi connectivity index (χ0n) is 16.7. The van der Waals surface area contributed by atoms with Gasteiger partial charge in [-0.3, -0.25) is 4.79 Å². The number of ether oxygens (including phenoxy) is 2. The Morgan fingerprint density at radius 1 is 1.13 bits per heavy atom. The minimum atomic E-state index is -1.19. The number of rotatable bonds is 6. The molecular weight excluding hydrogens is 396 g/mol. The summed E-state index contributed by atoms with van der Waals surface area (Å²) in [7, 11) is 0. The summed E-state index contributed by atoms with van der Waals surface area (Å²) < 4.78 is 38.7. The van der Waals surface area contributed by atoms with Crippen LogP contribution in [0.1, 0.15) is 50.0 Å². The van der Waals surface area contributed by atoms with Crippen molar-refractivity contribution in [2.45, 2.75) is 44.4 Å². The lowest BCUT2D eigenvalue weighted by atomic mass is 9.81. The van der Waals surface area contributed by atoms with Crippen LogP contribution in [0.2, 0.25) is 0 Å². The first-order valence-corrected chi connectivity index (χ1v) is 9.49. The molecule has 1 aliphatic heterocycles. The molecule has 1 amide bonds. The van der Waals surface area contributed by atoms with Crippen LogP contribution in [0.15, 0.2) is 42.5 Å². The van der Waals surface area contributed by atoms with Gasteiger partial charge in [-0.05, 0) is 36.8 Å². The van der Waals surface area contributed by atoms with E-state index in [1.807, 2.05) is 6.92 Å². The van der Waals surface area contributed by atoms with E-state index < -0.39 is 36.1 Å². The number of carbonyl (C=O) groups is 2. The number of halogens is 2. The quantitative estimate of drug-likeness (QED) is 0.742. The van der Waals surface area contributed by atoms with Crippen molar-refractivity contribution in [3.8, 4) is 5.75 Å². The normalized spacial score (nSPS) is 23.6. The Kier molecular flexibility index (Phi) is 6.36. The van der Waals surface area contributed by atoms with E-state index in [2.05, 4.69) is 5.32 Å². The Morgan fingerprint density at radius 3 is 2.40 bits per heavy atom. The number of carboxylic acids is 1. The van der Waals surface area contributed by atoms with Gasteiger partial charge in [-0.15, -0.1) is 0 Å². The summed E-state index contributed by atoms with van der Waals surface area (Å²) in [5.74, 6) is -2.29. The lowest BCUT2D eigenvalue weighted by molar-refractivity contribution is -0.139. The standard InChI is InChI=1S/C22H23F2NO5/c1-13(26)25-22(2)10-19(14-3-5-15(23)6-4-14)30-20(11-22)17-8-7-16(24)9-18(17)29-12-21(27)28/h3-9,19-20H,10-12H2,1-2H3,(H,25,26)(H,27,28)/t19-,20+,22-/m0/s1. The zero-order valence-corrected chi connectivity index (χ0v) is 16.7. The Hall–Kier alpha value is -3.00. The SMILES string of the molecule is CC(=O)N[C@@]1(C)C[C@@H](c2ccc(F)cc2)O[C@@H](c2ccc(F)cc2OCC(=O)O)C1. The van der Waals surface area contributed by atoms with Crippen molar-refractivity contribution < 1.29 is 33.0 Å². The molecule has 0 aliphatic carbocycles. The largest absolute Gasteiger partial charge is 0.481 e. The van der Waals surface area contributed by atoms with Crippen LogP contribution in [0, 0.1) is 11.6 Å². The average Bonchev–Trinajstić information content (AvgIpc) is 2.65. The second kappa shape index (κ2) is 8.79. The van der Waals surface area contributed by atoms with Crippen LogP contribution in [0.5, 0.6) is 5.75 Å². The average molecular weight is 419 g/mol. The molecule has 8 heteroatoms. The van der Waals surface area contributed by atoms with E-state index in [4.69, 9.17) is 14.6 Å². The van der Waals surface area contributed by atoms with Gasteiger partial charge in [0.1, 0.15) is 17.4 Å². The van der Waals surface area contributed by atoms with E-state index in [0.29, 0.717) is 18.4 Å². The molecule has 1 fully saturated rings. The van der Waals surface area contributed by atoms with Crippen molar-refractivity contribution in [1.29, 1.82) is 0 Å². The van der Waals surface area contributed by atoms with Crippen LogP contribution in [0.3, 0.4) is 0 Å². The molecule has 1 heterocycles. The van der Waals surface area contributed by atoms with Crippen LogP contribution in [0.25, 0.3) is 0 Å². The highest BCUT2D eigenvalue weighted by atomic mass is 19.1. The first-order chi connectivity index (χ1) is 14.1. The number of hydrogen-bond donors (Lipinski definition) is 2. The van der Waals surface area contributed by atoms with E-state index >= 15 is 0 Å². The highest BCUT2D eigenvalue weighted by Crippen LogP contribution is 2.45. The third-order valence-electron chi connectivity index (χ3n) is 4.99. The number of benzene rings is 2. The molecule has 2 N–H and O–H groups in total. The van der Waals surface area contributed by atoms with E-state index in [-0.39, 0.29) is 17.5 Å². The Balaban J connectivity index is 1.97. The summed E-state index contributed by atoms with van der Waals surface area (Å²) in [5, 5.41) is 11.9. The van der Waals surface area contributed by atoms with Crippen LogP contribution >= 0.6 is 0 Å². The van der Waals surface area contributed by atoms with Gasteiger partial charge in [0.2, 0.25) is 5.91 Å². The molecule has 0 saturated carbocycles. The lowest BCUT2D eigenvalue weighted by Gasteiger charge is -2.43. The molecule has 0 unspecified atom stereocenters. The molecule has 6 nitrogen and oxygen atoms in total. The van der Waals surface area contributed by atoms with Gasteiger partial charge in [0, 0.05) is 36.9 Å². The summed E-state index contributed by atoms with van der Waals surface area (Å²) in [6.45, 7) is 2.66. The molecular formula is C22H23F2NO5. The predicted octanol–water partition coefficient (Wildman–Crippen LogP) is 3.92. The molecule has 0 spiro atoms. The van der Waals surface area contributed by atoms with Gasteiger partial charge in [0.25, 0.3) is 0 Å². The van der Waals surface area contributed by atoms with Gasteiger partial charge in [-0.25, -0.2) is 13.6 Å². The van der Waals surface area contributed by atoms with Gasteiger partial charge in [-0.2, -0.15) is 0 Å². The van der Waals surface area contributed by atoms with E-state index in [9.17, 15) is 18.4 Å². The second-order valence-corrected chi connectivity index (χ2v) is 7.68. The number of carbonyl (C=O) groups excluding carboxylic acids is 1. The number of hydrogen-bond acceptors (Lipinski definition) is 4. The Morgan fingerprint density at radius 2 is 1.77 bits per heavy atom. The molecule has 2 aromatic carbocycles. The van der Waals surface area contributed by atoms with Crippen molar-refractivity contribution >= 4 is 11.9 Å². The van der Waals surface area contributed by atoms with Crippen LogP contribution in [-0.2, 0) is 14.3 Å². The van der Waals surface area contributed by atoms with Crippen LogP contribution in [0.4, 0.5) is 8.78 Å². The second-order valence-electron chi connectivity index (χ2n) is 7.68. The van der Waals surface area contributed by atoms with Gasteiger partial charge >= 0.3 is 5.97 Å². The molecule has 1 saturated heterocycles. The van der Waals surface area contributed by atoms with Crippen molar-refractivity contribution in [1.82, 2.24) is 5.32 Å². The van der Waals surface area contributed by atoms with Crippen molar-refractivity contribution in [2.24, 2.45) is 0 Å². The van der Waals surface area contributed by atoms with E-state index in [1.165, 1.54) is 31.2 Å². The Labute approximate surface area is 172 Å². The number of carboxylic acid groups (broad SMARTS) is 1. The summed E-state index contributed by atoms with van der Waals surface area (Å²) in [4.78, 5) is 22.7. The molecule has 2 aromatic rings. The fourth-order valence-electron chi connectivity index (χ4n) is 3.82. The fraction of sp³-hybridized carbons (Fsp3) is 0.364. The molecule has 30 heavy (non-hydrogen) atoms. The summed E-state index contributed by atoms with van der Waals surface area (Å²) in [6, 6.07) is 9.72. The van der Waals surface area contributed by atoms with Crippen molar-refractivity contribution in [3.05, 3.63) is 65.2 Å². The maximum absolute atomic E-state index is 13.8. The maximum atomic E-state index is 13.8. The van der Waals surface area contributed by atoms with Crippen LogP contribution in [-0.4, -0.2) is 29.1 Å². The fourth-order valence-corrected chi connectivity index (χ4v) is 3.82. The van der Waals surface area contributed by atoms with Gasteiger partial charge in [0.05, 0.1) is 12.2 Å². The molecule has 3 atom stereocenters. The number of amides is 1. The monoisotopic (exact) mass is 419 g/mol. The summed E-state index contributed by atoms with van der Waals surface area (Å²) >= 11 is 0. The van der Waals surface area contributed by atoms with Crippen molar-refractivity contribution in [3.63, 3.8) is 0 Å². The number of nitrogens with one attached hydrogen (secondary N) is 1. The molecule has 3 rings (SSSR count). The molecule has 0 bridgehead atoms. The predicted molar refractivity (Wildman–Crippen MR) is 104 cm³/mol. The van der Waals surface area contributed by atoms with Gasteiger partial charge in [0.15, 0.2) is 6.61 Å². The molecule has 1 aliphatic rings. The highest BCUT2D eigenvalue weighted by Gasteiger charge is 2.40. The minimum Gasteiger partial charge on any atom is -0.481 e. The van der Waals surface area contributed by atoms with E-state index in [0.717, 1.165) is 11.6 Å². The topological polar surface area (TPSA) is 84.9 Å². The number of aliphatic carboxylic acids is 1. The van der Waals surface area contributed by atoms with Crippen LogP contribution < -0.4 is 10.1 Å². The first-order valence-electron chi connectivity index (χ1n) is 9.49. The van der Waals surface area contributed by atoms with E-state index in [1.54, 1.807) is 12.1 Å². The molecule has 0 radical (unpaired) electrons. The zero-order chi connectivity index (χ0) is 21.9. The first kappa shape index (κ1) is 21.7. The third kappa shape index (κ3) is 5.33.